The smallest absolute Gasteiger partial charge is 0.246 e. The van der Waals surface area contributed by atoms with Crippen LogP contribution in [0.4, 0.5) is 0 Å². The minimum atomic E-state index is -1.78. The number of nitrogens with one attached hydrogen (secondary N) is 7. The van der Waals surface area contributed by atoms with Gasteiger partial charge in [-0.15, -0.1) is 0 Å². The Hall–Kier alpha value is -5.51. The largest absolute Gasteiger partial charge is 0.370 e. The third-order valence-electron chi connectivity index (χ3n) is 10.4. The van der Waals surface area contributed by atoms with Gasteiger partial charge in [-0.2, -0.15) is 11.3 Å². The Kier molecular flexibility index (Phi) is 21.9. The van der Waals surface area contributed by atoms with Gasteiger partial charge in [-0.1, -0.05) is 41.9 Å². The van der Waals surface area contributed by atoms with Crippen LogP contribution in [0.2, 0.25) is 0 Å². The molecule has 27 heteroatoms. The Morgan fingerprint density at radius 3 is 2.00 bits per heavy atom. The Bertz CT molecular complexity index is 1910. The topological polar surface area (TPSA) is 405 Å². The third kappa shape index (κ3) is 17.1. The number of amides is 11. The predicted octanol–water partition coefficient (Wildman–Crippen LogP) is -5.34. The second-order valence-corrected chi connectivity index (χ2v) is 18.8. The third-order valence-corrected chi connectivity index (χ3v) is 13.6. The van der Waals surface area contributed by atoms with Crippen molar-refractivity contribution < 1.29 is 52.7 Å². The van der Waals surface area contributed by atoms with Crippen LogP contribution in [-0.2, 0) is 59.2 Å². The first-order valence-electron chi connectivity index (χ1n) is 20.7. The zero-order valence-electron chi connectivity index (χ0n) is 36.0. The number of primary amides is 3. The fraction of sp³-hybridized carbons (Fsp3) is 0.605. The van der Waals surface area contributed by atoms with E-state index >= 15 is 0 Å². The average Bonchev–Trinajstić information content (AvgIpc) is 3.96. The number of rotatable bonds is 16. The Labute approximate surface area is 386 Å². The number of nitrogens with zero attached hydrogens (tertiary/aromatic N) is 1. The van der Waals surface area contributed by atoms with Crippen LogP contribution in [0.25, 0.3) is 0 Å². The number of nitrogens with two attached hydrogens (primary N) is 5. The van der Waals surface area contributed by atoms with Gasteiger partial charge in [-0.25, -0.2) is 0 Å². The predicted molar refractivity (Wildman–Crippen MR) is 240 cm³/mol. The molecule has 0 saturated carbocycles. The summed E-state index contributed by atoms with van der Waals surface area (Å²) in [5.41, 5.74) is 28.7. The molecule has 0 unspecified atom stereocenters. The normalized spacial score (nSPS) is 25.0. The van der Waals surface area contributed by atoms with E-state index in [9.17, 15) is 52.7 Å². The van der Waals surface area contributed by atoms with Gasteiger partial charge in [-0.3, -0.25) is 52.7 Å². The summed E-state index contributed by atoms with van der Waals surface area (Å²) in [6.45, 7) is 2.90. The molecule has 3 rings (SSSR count). The van der Waals surface area contributed by atoms with E-state index in [2.05, 4.69) is 37.2 Å². The summed E-state index contributed by atoms with van der Waals surface area (Å²) in [4.78, 5) is 147. The van der Waals surface area contributed by atoms with Crippen LogP contribution in [0.3, 0.4) is 0 Å². The molecule has 9 atom stereocenters. The summed E-state index contributed by atoms with van der Waals surface area (Å²) in [5.74, 6) is -10.6. The second-order valence-electron chi connectivity index (χ2n) is 15.5. The van der Waals surface area contributed by atoms with E-state index in [1.807, 2.05) is 0 Å². The molecule has 2 fully saturated rings. The van der Waals surface area contributed by atoms with Crippen molar-refractivity contribution in [2.45, 2.75) is 107 Å². The fourth-order valence-electron chi connectivity index (χ4n) is 6.71. The van der Waals surface area contributed by atoms with Crippen LogP contribution in [0, 0.1) is 5.92 Å². The zero-order chi connectivity index (χ0) is 48.4. The lowest BCUT2D eigenvalue weighted by molar-refractivity contribution is -0.142. The van der Waals surface area contributed by atoms with Gasteiger partial charge >= 0.3 is 0 Å². The van der Waals surface area contributed by atoms with E-state index in [1.54, 1.807) is 30.7 Å². The lowest BCUT2D eigenvalue weighted by atomic mass is 9.96. The van der Waals surface area contributed by atoms with E-state index in [1.165, 1.54) is 16.2 Å². The van der Waals surface area contributed by atoms with Crippen LogP contribution in [-0.4, -0.2) is 149 Å². The van der Waals surface area contributed by atoms with Crippen LogP contribution in [0.15, 0.2) is 16.8 Å². The molecule has 1 aromatic rings. The average molecular weight is 970 g/mol. The Morgan fingerprint density at radius 1 is 0.815 bits per heavy atom. The minimum absolute atomic E-state index is 0.0215. The molecule has 1 aromatic heterocycles. The van der Waals surface area contributed by atoms with Gasteiger partial charge in [0.15, 0.2) is 0 Å². The first kappa shape index (κ1) is 53.8. The highest BCUT2D eigenvalue weighted by atomic mass is 33.1. The molecule has 360 valence electrons. The molecule has 65 heavy (non-hydrogen) atoms. The molecule has 2 aliphatic heterocycles. The highest BCUT2D eigenvalue weighted by Crippen LogP contribution is 2.26. The van der Waals surface area contributed by atoms with Crippen molar-refractivity contribution in [3.63, 3.8) is 0 Å². The van der Waals surface area contributed by atoms with E-state index < -0.39 is 139 Å². The van der Waals surface area contributed by atoms with Crippen LogP contribution in [0.5, 0.6) is 0 Å². The van der Waals surface area contributed by atoms with Crippen molar-refractivity contribution >= 4 is 97.9 Å². The van der Waals surface area contributed by atoms with Crippen molar-refractivity contribution in [3.05, 3.63) is 22.4 Å². The molecule has 0 bridgehead atoms. The maximum atomic E-state index is 14.4. The standard InChI is InChI=1S/C38H59N13O11S3/c1-3-18(2)30-37(61)48-24(13-28(42)53)33(57)47-23(12-27(41)52)34(58)49-25(17-65-64-16-20(40)31(55)46-22(35(59)50-30)11-19-7-10-63-15-19)38(62)51-9-4-5-26(51)36(60)45-21(6-8-39)32(56)44-14-29(43)54/h7,10,15,18,20-26,30H,3-6,8-9,11-14,16-17,39-40H2,1-2H3,(H2,41,52)(H2,42,53)(H2,43,54)(H,44,56)(H,45,60)(H,46,55)(H,47,57)(H,48,61)(H,49,58)(H,50,59)/t18-,20-,21-,22-,23-,24-,25-,26-,30-/m0/s1. The van der Waals surface area contributed by atoms with Gasteiger partial charge in [0.25, 0.3) is 0 Å². The van der Waals surface area contributed by atoms with Gasteiger partial charge < -0.3 is 70.8 Å². The molecule has 11 amide bonds. The number of hydrogen-bond donors (Lipinski definition) is 12. The number of hydrogen-bond acceptors (Lipinski definition) is 16. The second kappa shape index (κ2) is 26.5. The number of thiophene rings is 1. The summed E-state index contributed by atoms with van der Waals surface area (Å²) in [5, 5.41) is 21.0. The zero-order valence-corrected chi connectivity index (χ0v) is 38.4. The van der Waals surface area contributed by atoms with Crippen LogP contribution >= 0.6 is 32.9 Å². The van der Waals surface area contributed by atoms with Gasteiger partial charge in [0.1, 0.15) is 42.3 Å². The molecule has 24 nitrogen and oxygen atoms in total. The number of carbonyl (C=O) groups is 11. The summed E-state index contributed by atoms with van der Waals surface area (Å²) < 4.78 is 0. The Balaban J connectivity index is 2.01. The lowest BCUT2D eigenvalue weighted by Gasteiger charge is -2.31. The molecule has 2 aliphatic rings. The van der Waals surface area contributed by atoms with Gasteiger partial charge in [0.2, 0.25) is 65.0 Å². The quantitative estimate of drug-likeness (QED) is 0.0689. The number of carbonyl (C=O) groups excluding carboxylic acids is 11. The molecule has 3 heterocycles. The van der Waals surface area contributed by atoms with E-state index in [4.69, 9.17) is 28.7 Å². The monoisotopic (exact) mass is 969 g/mol. The van der Waals surface area contributed by atoms with Gasteiger partial charge in [-0.05, 0) is 54.1 Å². The number of likely N-dealkylation sites (tertiary alicyclic amines) is 1. The SMILES string of the molecule is CC[C@H](C)[C@@H]1NC(=O)[C@H](Cc2ccsc2)NC(=O)[C@@H](N)CSSC[C@@H](C(=O)N2CCC[C@H]2C(=O)N[C@@H](CCN)C(=O)NCC(N)=O)NC(=O)[C@H](CC(N)=O)NC(=O)[C@H](CC(N)=O)NC1=O. The summed E-state index contributed by atoms with van der Waals surface area (Å²) in [6, 6.07) is -9.31. The minimum Gasteiger partial charge on any atom is -0.370 e. The molecule has 0 spiro atoms. The van der Waals surface area contributed by atoms with Gasteiger partial charge in [0.05, 0.1) is 25.4 Å². The van der Waals surface area contributed by atoms with Crippen molar-refractivity contribution in [1.82, 2.24) is 42.1 Å². The highest BCUT2D eigenvalue weighted by molar-refractivity contribution is 8.76. The molecule has 17 N–H and O–H groups in total. The molecule has 2 saturated heterocycles. The summed E-state index contributed by atoms with van der Waals surface area (Å²) in [6.07, 6.45) is -0.768. The maximum absolute atomic E-state index is 14.4. The van der Waals surface area contributed by atoms with Gasteiger partial charge in [0, 0.05) is 24.5 Å². The van der Waals surface area contributed by atoms with Crippen molar-refractivity contribution in [3.8, 4) is 0 Å². The summed E-state index contributed by atoms with van der Waals surface area (Å²) in [7, 11) is 2.06. The Morgan fingerprint density at radius 2 is 1.42 bits per heavy atom. The van der Waals surface area contributed by atoms with Crippen LogP contribution < -0.4 is 65.9 Å². The first-order valence-corrected chi connectivity index (χ1v) is 24.2. The van der Waals surface area contributed by atoms with Crippen LogP contribution in [0.1, 0.15) is 57.9 Å². The molecule has 0 aliphatic carbocycles. The van der Waals surface area contributed by atoms with E-state index in [0.717, 1.165) is 21.6 Å². The van der Waals surface area contributed by atoms with E-state index in [0.29, 0.717) is 18.4 Å². The fourth-order valence-corrected chi connectivity index (χ4v) is 9.67. The molecular formula is C38H59N13O11S3. The molecule has 0 aromatic carbocycles. The highest BCUT2D eigenvalue weighted by Gasteiger charge is 2.41. The van der Waals surface area contributed by atoms with E-state index in [-0.39, 0.29) is 43.9 Å². The molecular weight excluding hydrogens is 911 g/mol. The van der Waals surface area contributed by atoms with Crippen molar-refractivity contribution in [2.24, 2.45) is 34.6 Å². The maximum Gasteiger partial charge on any atom is 0.246 e. The van der Waals surface area contributed by atoms with Crippen molar-refractivity contribution in [2.75, 3.05) is 31.1 Å². The van der Waals surface area contributed by atoms with Crippen molar-refractivity contribution in [1.29, 1.82) is 0 Å². The first-order chi connectivity index (χ1) is 30.7. The summed E-state index contributed by atoms with van der Waals surface area (Å²) >= 11 is 1.36. The molecule has 0 radical (unpaired) electrons. The lowest BCUT2D eigenvalue weighted by Crippen LogP contribution is -2.62.